The molecule has 0 saturated heterocycles. The Morgan fingerprint density at radius 2 is 0.750 bits per heavy atom. The fourth-order valence-electron chi connectivity index (χ4n) is 5.54. The second-order valence-electron chi connectivity index (χ2n) is 13.5. The van der Waals surface area contributed by atoms with Gasteiger partial charge in [-0.05, 0) is 57.8 Å². The number of esters is 3. The summed E-state index contributed by atoms with van der Waals surface area (Å²) in [6, 6.07) is 0. The lowest BCUT2D eigenvalue weighted by atomic mass is 10.1. The Morgan fingerprint density at radius 3 is 1.19 bits per heavy atom. The molecule has 0 amide bonds. The zero-order valence-electron chi connectivity index (χ0n) is 31.8. The molecular formula is C42H76O6. The van der Waals surface area contributed by atoms with E-state index in [1.165, 1.54) is 83.5 Å². The van der Waals surface area contributed by atoms with Crippen molar-refractivity contribution in [1.29, 1.82) is 0 Å². The van der Waals surface area contributed by atoms with Gasteiger partial charge in [-0.1, -0.05) is 154 Å². The zero-order valence-corrected chi connectivity index (χ0v) is 31.8. The van der Waals surface area contributed by atoms with Gasteiger partial charge >= 0.3 is 17.9 Å². The van der Waals surface area contributed by atoms with Crippen LogP contribution in [0.5, 0.6) is 0 Å². The first kappa shape index (κ1) is 45.9. The van der Waals surface area contributed by atoms with Gasteiger partial charge in [-0.15, -0.1) is 0 Å². The van der Waals surface area contributed by atoms with E-state index < -0.39 is 6.10 Å². The van der Waals surface area contributed by atoms with E-state index in [0.29, 0.717) is 19.3 Å². The molecule has 0 N–H and O–H groups in total. The highest BCUT2D eigenvalue weighted by molar-refractivity contribution is 5.71. The fourth-order valence-corrected chi connectivity index (χ4v) is 5.54. The third kappa shape index (κ3) is 35.2. The highest BCUT2D eigenvalue weighted by atomic mass is 16.6. The molecule has 0 aliphatic rings. The number of carbonyl (C=O) groups is 3. The Labute approximate surface area is 296 Å². The number of unbranched alkanes of at least 4 members (excludes halogenated alkanes) is 21. The molecule has 6 heteroatoms. The van der Waals surface area contributed by atoms with Gasteiger partial charge in [0, 0.05) is 19.3 Å². The van der Waals surface area contributed by atoms with E-state index in [2.05, 4.69) is 45.1 Å². The molecule has 0 aliphatic heterocycles. The largest absolute Gasteiger partial charge is 0.462 e. The maximum atomic E-state index is 12.6. The minimum Gasteiger partial charge on any atom is -0.462 e. The second kappa shape index (κ2) is 37.7. The maximum absolute atomic E-state index is 12.6. The van der Waals surface area contributed by atoms with Gasteiger partial charge in [-0.2, -0.15) is 0 Å². The summed E-state index contributed by atoms with van der Waals surface area (Å²) in [5, 5.41) is 0. The molecule has 6 nitrogen and oxygen atoms in total. The van der Waals surface area contributed by atoms with Gasteiger partial charge in [-0.3, -0.25) is 14.4 Å². The van der Waals surface area contributed by atoms with E-state index in [-0.39, 0.29) is 31.1 Å². The molecule has 0 spiro atoms. The molecule has 48 heavy (non-hydrogen) atoms. The molecule has 0 radical (unpaired) electrons. The lowest BCUT2D eigenvalue weighted by Crippen LogP contribution is -2.30. The van der Waals surface area contributed by atoms with Gasteiger partial charge in [0.25, 0.3) is 0 Å². The van der Waals surface area contributed by atoms with E-state index in [9.17, 15) is 14.4 Å². The summed E-state index contributed by atoms with van der Waals surface area (Å²) in [5.41, 5.74) is 0. The molecule has 1 unspecified atom stereocenters. The lowest BCUT2D eigenvalue weighted by Gasteiger charge is -2.18. The van der Waals surface area contributed by atoms with Crippen LogP contribution in [0.1, 0.15) is 207 Å². The van der Waals surface area contributed by atoms with Gasteiger partial charge in [0.15, 0.2) is 6.10 Å². The molecule has 0 aliphatic carbocycles. The topological polar surface area (TPSA) is 78.9 Å². The van der Waals surface area contributed by atoms with Crippen LogP contribution in [-0.4, -0.2) is 37.2 Å². The Kier molecular flexibility index (Phi) is 36.0. The average molecular weight is 677 g/mol. The van der Waals surface area contributed by atoms with Crippen molar-refractivity contribution >= 4 is 17.9 Å². The average Bonchev–Trinajstić information content (AvgIpc) is 3.08. The Morgan fingerprint density at radius 1 is 0.396 bits per heavy atom. The predicted molar refractivity (Wildman–Crippen MR) is 201 cm³/mol. The standard InChI is InChI=1S/C42H76O6/c1-4-7-10-13-16-19-21-24-26-29-32-35-41(44)47-38-39(37-46-40(43)34-31-28-25-22-18-15-12-9-6-3)48-42(45)36-33-30-27-23-20-17-14-11-8-5-2/h11,13-14,16,39H,4-10,12,15,17-38H2,1-3H3/b14-11-,16-13-. The number of carbonyl (C=O) groups excluding carboxylic acids is 3. The van der Waals surface area contributed by atoms with Crippen LogP contribution in [-0.2, 0) is 28.6 Å². The van der Waals surface area contributed by atoms with Gasteiger partial charge in [0.05, 0.1) is 0 Å². The van der Waals surface area contributed by atoms with E-state index in [4.69, 9.17) is 14.2 Å². The first-order valence-corrected chi connectivity index (χ1v) is 20.3. The molecular weight excluding hydrogens is 600 g/mol. The zero-order chi connectivity index (χ0) is 35.2. The number of ether oxygens (including phenoxy) is 3. The number of hydrogen-bond donors (Lipinski definition) is 0. The van der Waals surface area contributed by atoms with Crippen molar-refractivity contribution in [1.82, 2.24) is 0 Å². The summed E-state index contributed by atoms with van der Waals surface area (Å²) >= 11 is 0. The molecule has 0 saturated carbocycles. The first-order valence-electron chi connectivity index (χ1n) is 20.3. The summed E-state index contributed by atoms with van der Waals surface area (Å²) in [6.07, 6.45) is 38.8. The minimum absolute atomic E-state index is 0.0757. The van der Waals surface area contributed by atoms with Gasteiger partial charge in [-0.25, -0.2) is 0 Å². The summed E-state index contributed by atoms with van der Waals surface area (Å²) in [6.45, 7) is 6.48. The molecule has 0 aromatic carbocycles. The second-order valence-corrected chi connectivity index (χ2v) is 13.5. The Bertz CT molecular complexity index is 789. The summed E-state index contributed by atoms with van der Waals surface area (Å²) in [7, 11) is 0. The van der Waals surface area contributed by atoms with E-state index in [1.54, 1.807) is 0 Å². The van der Waals surface area contributed by atoms with Crippen molar-refractivity contribution in [3.8, 4) is 0 Å². The van der Waals surface area contributed by atoms with E-state index in [0.717, 1.165) is 83.5 Å². The van der Waals surface area contributed by atoms with Crippen LogP contribution in [0.25, 0.3) is 0 Å². The molecule has 0 aromatic heterocycles. The quantitative estimate of drug-likeness (QED) is 0.0284. The van der Waals surface area contributed by atoms with Crippen LogP contribution in [0.2, 0.25) is 0 Å². The van der Waals surface area contributed by atoms with Crippen LogP contribution >= 0.6 is 0 Å². The summed E-state index contributed by atoms with van der Waals surface area (Å²) in [5.74, 6) is -0.902. The van der Waals surface area contributed by atoms with Crippen molar-refractivity contribution < 1.29 is 28.6 Å². The van der Waals surface area contributed by atoms with Crippen LogP contribution in [0.3, 0.4) is 0 Å². The van der Waals surface area contributed by atoms with E-state index in [1.807, 2.05) is 0 Å². The highest BCUT2D eigenvalue weighted by Gasteiger charge is 2.19. The maximum Gasteiger partial charge on any atom is 0.306 e. The third-order valence-electron chi connectivity index (χ3n) is 8.66. The molecule has 0 aromatic rings. The number of rotatable bonds is 36. The van der Waals surface area contributed by atoms with Crippen LogP contribution < -0.4 is 0 Å². The number of allylic oxidation sites excluding steroid dienone is 4. The molecule has 0 bridgehead atoms. The lowest BCUT2D eigenvalue weighted by molar-refractivity contribution is -0.167. The highest BCUT2D eigenvalue weighted by Crippen LogP contribution is 2.13. The summed E-state index contributed by atoms with van der Waals surface area (Å²) in [4.78, 5) is 37.4. The number of hydrogen-bond acceptors (Lipinski definition) is 6. The first-order chi connectivity index (χ1) is 23.5. The van der Waals surface area contributed by atoms with Crippen molar-refractivity contribution in [2.75, 3.05) is 13.2 Å². The fraction of sp³-hybridized carbons (Fsp3) is 0.833. The minimum atomic E-state index is -0.770. The monoisotopic (exact) mass is 677 g/mol. The Balaban J connectivity index is 4.38. The van der Waals surface area contributed by atoms with Crippen molar-refractivity contribution in [2.24, 2.45) is 0 Å². The summed E-state index contributed by atoms with van der Waals surface area (Å²) < 4.78 is 16.6. The third-order valence-corrected chi connectivity index (χ3v) is 8.66. The van der Waals surface area contributed by atoms with Crippen molar-refractivity contribution in [3.63, 3.8) is 0 Å². The van der Waals surface area contributed by atoms with Gasteiger partial charge < -0.3 is 14.2 Å². The molecule has 0 rings (SSSR count). The predicted octanol–water partition coefficient (Wildman–Crippen LogP) is 12.5. The van der Waals surface area contributed by atoms with Gasteiger partial charge in [0.2, 0.25) is 0 Å². The van der Waals surface area contributed by atoms with Crippen LogP contribution in [0, 0.1) is 0 Å². The van der Waals surface area contributed by atoms with Crippen LogP contribution in [0.15, 0.2) is 24.3 Å². The Hall–Kier alpha value is -2.11. The molecule has 280 valence electrons. The van der Waals surface area contributed by atoms with Gasteiger partial charge in [0.1, 0.15) is 13.2 Å². The smallest absolute Gasteiger partial charge is 0.306 e. The SMILES string of the molecule is CCC/C=C\CCCCCCCC(=O)OC(COC(=O)CCCCCCC/C=C\CCCC)COC(=O)CCCCCCCCCCC. The van der Waals surface area contributed by atoms with Crippen molar-refractivity contribution in [2.45, 2.75) is 213 Å². The molecule has 0 heterocycles. The normalized spacial score (nSPS) is 12.1. The van der Waals surface area contributed by atoms with Crippen LogP contribution in [0.4, 0.5) is 0 Å². The van der Waals surface area contributed by atoms with Crippen molar-refractivity contribution in [3.05, 3.63) is 24.3 Å². The van der Waals surface area contributed by atoms with E-state index >= 15 is 0 Å². The molecule has 0 fully saturated rings. The molecule has 1 atom stereocenters.